The van der Waals surface area contributed by atoms with Gasteiger partial charge in [0.1, 0.15) is 12.4 Å². The van der Waals surface area contributed by atoms with Gasteiger partial charge in [-0.05, 0) is 86.9 Å². The summed E-state index contributed by atoms with van der Waals surface area (Å²) in [5.41, 5.74) is 7.39. The highest BCUT2D eigenvalue weighted by Crippen LogP contribution is 2.66. The van der Waals surface area contributed by atoms with Gasteiger partial charge in [0.2, 0.25) is 0 Å². The Bertz CT molecular complexity index is 630. The van der Waals surface area contributed by atoms with Crippen molar-refractivity contribution >= 4 is 11.5 Å². The molecule has 4 fully saturated rings. The van der Waals surface area contributed by atoms with Crippen LogP contribution in [0.3, 0.4) is 0 Å². The molecule has 152 valence electrons. The molecule has 4 saturated carbocycles. The van der Waals surface area contributed by atoms with Crippen LogP contribution in [0.1, 0.15) is 79.1 Å². The molecule has 0 radical (unpaired) electrons. The van der Waals surface area contributed by atoms with Crippen molar-refractivity contribution in [3.05, 3.63) is 0 Å². The molecular formula is C23H38N2O2. The fraction of sp³-hybridized carbons (Fsp3) is 0.913. The van der Waals surface area contributed by atoms with Gasteiger partial charge in [0.15, 0.2) is 0 Å². The Labute approximate surface area is 164 Å². The van der Waals surface area contributed by atoms with E-state index in [1.54, 1.807) is 0 Å². The minimum absolute atomic E-state index is 0.0212. The Hall–Kier alpha value is -0.900. The third kappa shape index (κ3) is 3.07. The van der Waals surface area contributed by atoms with E-state index >= 15 is 0 Å². The monoisotopic (exact) mass is 374 g/mol. The van der Waals surface area contributed by atoms with E-state index < -0.39 is 0 Å². The molecule has 4 rings (SSSR count). The first-order valence-electron chi connectivity index (χ1n) is 11.2. The highest BCUT2D eigenvalue weighted by atomic mass is 16.6. The van der Waals surface area contributed by atoms with Gasteiger partial charge >= 0.3 is 0 Å². The maximum atomic E-state index is 12.6. The van der Waals surface area contributed by atoms with Crippen molar-refractivity contribution in [1.29, 1.82) is 0 Å². The summed E-state index contributed by atoms with van der Waals surface area (Å²) < 4.78 is 0. The highest BCUT2D eigenvalue weighted by molar-refractivity contribution is 5.87. The van der Waals surface area contributed by atoms with Crippen molar-refractivity contribution in [3.63, 3.8) is 0 Å². The summed E-state index contributed by atoms with van der Waals surface area (Å²) in [7, 11) is 0. The molecule has 4 aliphatic rings. The van der Waals surface area contributed by atoms with Crippen LogP contribution >= 0.6 is 0 Å². The molecule has 0 spiro atoms. The quantitative estimate of drug-likeness (QED) is 0.736. The van der Waals surface area contributed by atoms with E-state index in [2.05, 4.69) is 25.9 Å². The molecule has 0 saturated heterocycles. The summed E-state index contributed by atoms with van der Waals surface area (Å²) >= 11 is 0. The molecule has 0 aliphatic heterocycles. The molecule has 8 atom stereocenters. The first-order valence-corrected chi connectivity index (χ1v) is 11.2. The third-order valence-corrected chi connectivity index (χ3v) is 9.10. The minimum Gasteiger partial charge on any atom is -0.394 e. The van der Waals surface area contributed by atoms with Crippen molar-refractivity contribution in [3.8, 4) is 0 Å². The number of oxime groups is 1. The second-order valence-electron chi connectivity index (χ2n) is 10.8. The number of rotatable bonds is 3. The number of hydrogen-bond donors (Lipinski definition) is 1. The summed E-state index contributed by atoms with van der Waals surface area (Å²) in [6.07, 6.45) is 8.98. The Morgan fingerprint density at radius 1 is 1.22 bits per heavy atom. The van der Waals surface area contributed by atoms with Crippen molar-refractivity contribution in [2.45, 2.75) is 85.1 Å². The molecule has 0 aromatic carbocycles. The average Bonchev–Trinajstić information content (AvgIpc) is 2.91. The molecule has 0 aromatic rings. The van der Waals surface area contributed by atoms with Crippen molar-refractivity contribution in [1.82, 2.24) is 0 Å². The van der Waals surface area contributed by atoms with Gasteiger partial charge in [0, 0.05) is 17.9 Å². The molecular weight excluding hydrogens is 336 g/mol. The van der Waals surface area contributed by atoms with Crippen LogP contribution in [0.15, 0.2) is 5.16 Å². The maximum Gasteiger partial charge on any atom is 0.139 e. The van der Waals surface area contributed by atoms with Gasteiger partial charge in [-0.15, -0.1) is 0 Å². The fourth-order valence-electron chi connectivity index (χ4n) is 7.54. The number of nitrogens with two attached hydrogens (primary N) is 1. The predicted octanol–water partition coefficient (Wildman–Crippen LogP) is 4.56. The fourth-order valence-corrected chi connectivity index (χ4v) is 7.54. The Kier molecular flexibility index (Phi) is 4.93. The largest absolute Gasteiger partial charge is 0.394 e. The average molecular weight is 375 g/mol. The van der Waals surface area contributed by atoms with E-state index in [1.165, 1.54) is 25.0 Å². The number of fused-ring (bicyclic) bond motifs is 5. The number of Topliss-reactive ketones (excluding diaryl/α,β-unsaturated/α-hetero) is 1. The molecule has 0 heterocycles. The summed E-state index contributed by atoms with van der Waals surface area (Å²) in [5.74, 6) is 4.12. The first kappa shape index (κ1) is 19.4. The summed E-state index contributed by atoms with van der Waals surface area (Å²) in [4.78, 5) is 18.1. The van der Waals surface area contributed by atoms with Crippen LogP contribution < -0.4 is 5.73 Å². The SMILES string of the molecule is C[C@H](N)CON=C1CC[C@@]2(C)C(C1)C[C@@H](C)[C@@H]1[C@@H]2CC[C@]2(C)C(=O)CC[C@@H]12. The molecule has 0 bridgehead atoms. The number of carbonyl (C=O) groups excluding carboxylic acids is 1. The first-order chi connectivity index (χ1) is 12.8. The summed E-state index contributed by atoms with van der Waals surface area (Å²) in [6, 6.07) is 0.0318. The molecule has 4 heteroatoms. The molecule has 4 nitrogen and oxygen atoms in total. The molecule has 0 amide bonds. The normalized spacial score (nSPS) is 49.3. The standard InChI is InChI=1S/C23H38N2O2/c1-14-11-16-12-17(25-27-13-15(2)24)7-9-22(16,3)19-8-10-23(4)18(21(14)19)5-6-20(23)26/h14-16,18-19,21H,5-13,24H2,1-4H3/t14-,15+,16?,18+,19+,21+,22+,23+/m1/s1. The lowest BCUT2D eigenvalue weighted by atomic mass is 9.43. The number of ketones is 1. The highest BCUT2D eigenvalue weighted by Gasteiger charge is 2.61. The smallest absolute Gasteiger partial charge is 0.139 e. The van der Waals surface area contributed by atoms with Crippen LogP contribution in [-0.4, -0.2) is 24.1 Å². The van der Waals surface area contributed by atoms with Gasteiger partial charge in [0.05, 0.1) is 5.71 Å². The van der Waals surface area contributed by atoms with Crippen LogP contribution in [0.4, 0.5) is 0 Å². The van der Waals surface area contributed by atoms with E-state index in [4.69, 9.17) is 10.6 Å². The zero-order valence-corrected chi connectivity index (χ0v) is 17.7. The van der Waals surface area contributed by atoms with Crippen LogP contribution in [0, 0.1) is 40.4 Å². The Morgan fingerprint density at radius 3 is 2.74 bits per heavy atom. The zero-order valence-electron chi connectivity index (χ0n) is 17.7. The van der Waals surface area contributed by atoms with Crippen molar-refractivity contribution in [2.24, 2.45) is 51.3 Å². The van der Waals surface area contributed by atoms with Gasteiger partial charge in [-0.2, -0.15) is 0 Å². The Balaban J connectivity index is 1.53. The minimum atomic E-state index is -0.0212. The van der Waals surface area contributed by atoms with E-state index in [0.29, 0.717) is 35.6 Å². The molecule has 27 heavy (non-hydrogen) atoms. The lowest BCUT2D eigenvalue weighted by Crippen LogP contribution is -2.56. The van der Waals surface area contributed by atoms with Crippen LogP contribution in [0.2, 0.25) is 0 Å². The maximum absolute atomic E-state index is 12.6. The van der Waals surface area contributed by atoms with Crippen molar-refractivity contribution < 1.29 is 9.63 Å². The molecule has 4 aliphatic carbocycles. The van der Waals surface area contributed by atoms with Gasteiger partial charge in [-0.1, -0.05) is 25.9 Å². The lowest BCUT2D eigenvalue weighted by molar-refractivity contribution is -0.143. The van der Waals surface area contributed by atoms with Gasteiger partial charge < -0.3 is 10.6 Å². The second-order valence-corrected chi connectivity index (χ2v) is 10.8. The number of hydrogen-bond acceptors (Lipinski definition) is 4. The Morgan fingerprint density at radius 2 is 2.00 bits per heavy atom. The lowest BCUT2D eigenvalue weighted by Gasteiger charge is -2.61. The van der Waals surface area contributed by atoms with E-state index in [0.717, 1.165) is 43.9 Å². The van der Waals surface area contributed by atoms with Crippen LogP contribution in [0.25, 0.3) is 0 Å². The number of nitrogens with zero attached hydrogens (tertiary/aromatic N) is 1. The summed E-state index contributed by atoms with van der Waals surface area (Å²) in [6.45, 7) is 9.75. The van der Waals surface area contributed by atoms with Gasteiger partial charge in [-0.25, -0.2) is 0 Å². The molecule has 0 aromatic heterocycles. The topological polar surface area (TPSA) is 64.7 Å². The van der Waals surface area contributed by atoms with E-state index in [9.17, 15) is 4.79 Å². The van der Waals surface area contributed by atoms with E-state index in [-0.39, 0.29) is 11.5 Å². The van der Waals surface area contributed by atoms with Gasteiger partial charge in [-0.3, -0.25) is 4.79 Å². The molecule has 1 unspecified atom stereocenters. The third-order valence-electron chi connectivity index (χ3n) is 9.10. The summed E-state index contributed by atoms with van der Waals surface area (Å²) in [5, 5.41) is 4.44. The zero-order chi connectivity index (χ0) is 19.4. The molecule has 2 N–H and O–H groups in total. The van der Waals surface area contributed by atoms with Crippen LogP contribution in [-0.2, 0) is 9.63 Å². The number of carbonyl (C=O) groups is 1. The van der Waals surface area contributed by atoms with E-state index in [1.807, 2.05) is 6.92 Å². The van der Waals surface area contributed by atoms with Crippen molar-refractivity contribution in [2.75, 3.05) is 6.61 Å². The predicted molar refractivity (Wildman–Crippen MR) is 108 cm³/mol. The second kappa shape index (κ2) is 6.86. The van der Waals surface area contributed by atoms with Crippen LogP contribution in [0.5, 0.6) is 0 Å². The van der Waals surface area contributed by atoms with Gasteiger partial charge in [0.25, 0.3) is 0 Å².